The predicted octanol–water partition coefficient (Wildman–Crippen LogP) is 1.97. The van der Waals surface area contributed by atoms with Gasteiger partial charge in [-0.2, -0.15) is 5.10 Å². The minimum atomic E-state index is -3.74. The average Bonchev–Trinajstić information content (AvgIpc) is 2.70. The number of halogens is 1. The first-order valence-corrected chi connectivity index (χ1v) is 6.67. The number of aromatic nitrogens is 2. The standard InChI is InChI=1S/C11H12FN3O2S/c1-7-3-4-9(5-10(7)12)15-18(16,17)11-6-13-14-8(11)2/h3-6,15H,1-2H3,(H,13,14). The van der Waals surface area contributed by atoms with Gasteiger partial charge in [0.15, 0.2) is 0 Å². The summed E-state index contributed by atoms with van der Waals surface area (Å²) in [6.07, 6.45) is 1.21. The maximum Gasteiger partial charge on any atom is 0.265 e. The van der Waals surface area contributed by atoms with E-state index in [2.05, 4.69) is 14.9 Å². The van der Waals surface area contributed by atoms with E-state index in [1.54, 1.807) is 13.8 Å². The quantitative estimate of drug-likeness (QED) is 0.894. The number of aromatic amines is 1. The highest BCUT2D eigenvalue weighted by Gasteiger charge is 2.18. The fraction of sp³-hybridized carbons (Fsp3) is 0.182. The van der Waals surface area contributed by atoms with Gasteiger partial charge in [-0.05, 0) is 31.5 Å². The molecule has 1 heterocycles. The van der Waals surface area contributed by atoms with Crippen LogP contribution in [0.3, 0.4) is 0 Å². The minimum absolute atomic E-state index is 0.0449. The van der Waals surface area contributed by atoms with Gasteiger partial charge in [0.2, 0.25) is 0 Å². The number of anilines is 1. The smallest absolute Gasteiger partial charge is 0.265 e. The van der Waals surface area contributed by atoms with Gasteiger partial charge in [0.1, 0.15) is 10.7 Å². The van der Waals surface area contributed by atoms with Crippen LogP contribution in [0.1, 0.15) is 11.3 Å². The van der Waals surface area contributed by atoms with Crippen LogP contribution in [0.2, 0.25) is 0 Å². The lowest BCUT2D eigenvalue weighted by atomic mass is 10.2. The molecule has 18 heavy (non-hydrogen) atoms. The molecule has 0 spiro atoms. The van der Waals surface area contributed by atoms with E-state index in [0.717, 1.165) is 6.07 Å². The SMILES string of the molecule is Cc1ccc(NS(=O)(=O)c2cn[nH]c2C)cc1F. The number of nitrogens with one attached hydrogen (secondary N) is 2. The zero-order valence-electron chi connectivity index (χ0n) is 9.86. The molecule has 1 aromatic heterocycles. The lowest BCUT2D eigenvalue weighted by Crippen LogP contribution is -2.13. The maximum atomic E-state index is 13.3. The molecular formula is C11H12FN3O2S. The average molecular weight is 269 g/mol. The van der Waals surface area contributed by atoms with E-state index in [4.69, 9.17) is 0 Å². The number of H-pyrrole nitrogens is 1. The third-order valence-corrected chi connectivity index (χ3v) is 3.99. The number of hydrogen-bond acceptors (Lipinski definition) is 3. The summed E-state index contributed by atoms with van der Waals surface area (Å²) in [4.78, 5) is 0.0449. The predicted molar refractivity (Wildman–Crippen MR) is 65.3 cm³/mol. The molecule has 2 N–H and O–H groups in total. The van der Waals surface area contributed by atoms with Gasteiger partial charge in [-0.25, -0.2) is 12.8 Å². The van der Waals surface area contributed by atoms with E-state index in [1.807, 2.05) is 0 Å². The Kier molecular flexibility index (Phi) is 3.08. The minimum Gasteiger partial charge on any atom is -0.281 e. The monoisotopic (exact) mass is 269 g/mol. The Morgan fingerprint density at radius 2 is 2.06 bits per heavy atom. The second-order valence-electron chi connectivity index (χ2n) is 3.93. The lowest BCUT2D eigenvalue weighted by molar-refractivity contribution is 0.600. The molecule has 0 aliphatic heterocycles. The maximum absolute atomic E-state index is 13.3. The molecular weight excluding hydrogens is 257 g/mol. The van der Waals surface area contributed by atoms with Gasteiger partial charge in [0, 0.05) is 0 Å². The second-order valence-corrected chi connectivity index (χ2v) is 5.58. The van der Waals surface area contributed by atoms with E-state index in [1.165, 1.54) is 18.3 Å². The number of rotatable bonds is 3. The molecule has 0 aliphatic carbocycles. The fourth-order valence-electron chi connectivity index (χ4n) is 1.48. The molecule has 0 aliphatic rings. The van der Waals surface area contributed by atoms with Crippen LogP contribution in [0.15, 0.2) is 29.3 Å². The summed E-state index contributed by atoms with van der Waals surface area (Å²) in [5, 5.41) is 6.18. The Balaban J connectivity index is 2.34. The van der Waals surface area contributed by atoms with Crippen molar-refractivity contribution in [3.63, 3.8) is 0 Å². The lowest BCUT2D eigenvalue weighted by Gasteiger charge is -2.07. The Bertz CT molecular complexity index is 679. The fourth-order valence-corrected chi connectivity index (χ4v) is 2.66. The summed E-state index contributed by atoms with van der Waals surface area (Å²) < 4.78 is 39.6. The zero-order valence-corrected chi connectivity index (χ0v) is 10.7. The number of hydrogen-bond donors (Lipinski definition) is 2. The van der Waals surface area contributed by atoms with Gasteiger partial charge < -0.3 is 0 Å². The second kappa shape index (κ2) is 4.41. The van der Waals surface area contributed by atoms with Gasteiger partial charge in [0.25, 0.3) is 10.0 Å². The molecule has 5 nitrogen and oxygen atoms in total. The molecule has 0 amide bonds. The third-order valence-electron chi connectivity index (χ3n) is 2.50. The van der Waals surface area contributed by atoms with E-state index in [0.29, 0.717) is 11.3 Å². The molecule has 0 fully saturated rings. The summed E-state index contributed by atoms with van der Waals surface area (Å²) in [7, 11) is -3.74. The number of nitrogens with zero attached hydrogens (tertiary/aromatic N) is 1. The van der Waals surface area contributed by atoms with E-state index in [9.17, 15) is 12.8 Å². The van der Waals surface area contributed by atoms with Crippen molar-refractivity contribution in [3.05, 3.63) is 41.5 Å². The normalized spacial score (nSPS) is 11.5. The largest absolute Gasteiger partial charge is 0.281 e. The molecule has 2 rings (SSSR count). The Morgan fingerprint density at radius 1 is 1.33 bits per heavy atom. The summed E-state index contributed by atoms with van der Waals surface area (Å²) in [6.45, 7) is 3.20. The van der Waals surface area contributed by atoms with Crippen LogP contribution in [-0.4, -0.2) is 18.6 Å². The first kappa shape index (κ1) is 12.6. The topological polar surface area (TPSA) is 74.8 Å². The Hall–Kier alpha value is -1.89. The molecule has 0 atom stereocenters. The van der Waals surface area contributed by atoms with Crippen molar-refractivity contribution in [2.75, 3.05) is 4.72 Å². The van der Waals surface area contributed by atoms with E-state index < -0.39 is 15.8 Å². The van der Waals surface area contributed by atoms with Crippen molar-refractivity contribution in [1.29, 1.82) is 0 Å². The molecule has 2 aromatic rings. The van der Waals surface area contributed by atoms with Crippen LogP contribution < -0.4 is 4.72 Å². The summed E-state index contributed by atoms with van der Waals surface area (Å²) in [6, 6.07) is 4.16. The van der Waals surface area contributed by atoms with Gasteiger partial charge in [0.05, 0.1) is 17.6 Å². The van der Waals surface area contributed by atoms with Crippen molar-refractivity contribution in [2.45, 2.75) is 18.7 Å². The van der Waals surface area contributed by atoms with Gasteiger partial charge >= 0.3 is 0 Å². The van der Waals surface area contributed by atoms with Crippen molar-refractivity contribution in [2.24, 2.45) is 0 Å². The molecule has 1 aromatic carbocycles. The van der Waals surface area contributed by atoms with Crippen molar-refractivity contribution in [3.8, 4) is 0 Å². The van der Waals surface area contributed by atoms with Crippen LogP contribution in [0.25, 0.3) is 0 Å². The van der Waals surface area contributed by atoms with Crippen molar-refractivity contribution < 1.29 is 12.8 Å². The number of benzene rings is 1. The molecule has 0 bridgehead atoms. The highest BCUT2D eigenvalue weighted by molar-refractivity contribution is 7.92. The van der Waals surface area contributed by atoms with Crippen LogP contribution in [0, 0.1) is 19.7 Å². The summed E-state index contributed by atoms with van der Waals surface area (Å²) >= 11 is 0. The number of sulfonamides is 1. The van der Waals surface area contributed by atoms with Gasteiger partial charge in [-0.1, -0.05) is 6.07 Å². The highest BCUT2D eigenvalue weighted by atomic mass is 32.2. The van der Waals surface area contributed by atoms with Crippen LogP contribution in [0.4, 0.5) is 10.1 Å². The van der Waals surface area contributed by atoms with Crippen LogP contribution >= 0.6 is 0 Å². The Morgan fingerprint density at radius 3 is 2.61 bits per heavy atom. The van der Waals surface area contributed by atoms with Crippen LogP contribution in [0.5, 0.6) is 0 Å². The first-order valence-electron chi connectivity index (χ1n) is 5.19. The van der Waals surface area contributed by atoms with Gasteiger partial charge in [-0.3, -0.25) is 9.82 Å². The van der Waals surface area contributed by atoms with Crippen molar-refractivity contribution >= 4 is 15.7 Å². The Labute approximate surface area is 104 Å². The summed E-state index contributed by atoms with van der Waals surface area (Å²) in [5.74, 6) is -0.459. The summed E-state index contributed by atoms with van der Waals surface area (Å²) in [5.41, 5.74) is 1.06. The first-order chi connectivity index (χ1) is 8.40. The van der Waals surface area contributed by atoms with Gasteiger partial charge in [-0.15, -0.1) is 0 Å². The highest BCUT2D eigenvalue weighted by Crippen LogP contribution is 2.19. The van der Waals surface area contributed by atoms with E-state index >= 15 is 0 Å². The zero-order chi connectivity index (χ0) is 13.3. The molecule has 0 radical (unpaired) electrons. The number of aryl methyl sites for hydroxylation is 2. The molecule has 7 heteroatoms. The molecule has 0 saturated carbocycles. The third kappa shape index (κ3) is 2.35. The van der Waals surface area contributed by atoms with Crippen LogP contribution in [-0.2, 0) is 10.0 Å². The van der Waals surface area contributed by atoms with Crippen molar-refractivity contribution in [1.82, 2.24) is 10.2 Å². The molecule has 96 valence electrons. The molecule has 0 saturated heterocycles. The van der Waals surface area contributed by atoms with E-state index in [-0.39, 0.29) is 10.6 Å². The molecule has 0 unspecified atom stereocenters.